The second kappa shape index (κ2) is 16.0. The van der Waals surface area contributed by atoms with Crippen LogP contribution >= 0.6 is 0 Å². The van der Waals surface area contributed by atoms with Crippen molar-refractivity contribution in [2.24, 2.45) is 11.8 Å². The molecule has 0 aromatic rings. The van der Waals surface area contributed by atoms with Gasteiger partial charge in [-0.1, -0.05) is 39.5 Å². The minimum absolute atomic E-state index is 0. The first kappa shape index (κ1) is 27.0. The average molecular weight is 437 g/mol. The van der Waals surface area contributed by atoms with Crippen LogP contribution in [-0.2, 0) is 19.2 Å². The number of ketones is 2. The van der Waals surface area contributed by atoms with Gasteiger partial charge in [0.1, 0.15) is 23.4 Å². The van der Waals surface area contributed by atoms with E-state index in [1.54, 1.807) is 0 Å². The molecule has 0 rings (SSSR count). The Morgan fingerprint density at radius 3 is 1.13 bits per heavy atom. The molecular weight excluding hydrogens is 407 g/mol. The third-order valence-electron chi connectivity index (χ3n) is 3.27. The Morgan fingerprint density at radius 2 is 1.00 bits per heavy atom. The van der Waals surface area contributed by atoms with Crippen LogP contribution < -0.4 is 0 Å². The number of Topliss-reactive ketones (excluding diaryl/α,β-unsaturated/α-hetero) is 2. The van der Waals surface area contributed by atoms with E-state index in [1.807, 2.05) is 13.8 Å². The first-order chi connectivity index (χ1) is 10.2. The molecular formula is C16H30O6Sn. The Hall–Kier alpha value is -0.921. The van der Waals surface area contributed by atoms with E-state index >= 15 is 0 Å². The molecule has 0 saturated heterocycles. The Kier molecular flexibility index (Phi) is 18.7. The molecule has 0 aromatic heterocycles. The second-order valence-electron chi connectivity index (χ2n) is 5.29. The Labute approximate surface area is 155 Å². The molecule has 6 nitrogen and oxygen atoms in total. The van der Waals surface area contributed by atoms with Crippen molar-refractivity contribution < 1.29 is 29.4 Å². The van der Waals surface area contributed by atoms with E-state index in [9.17, 15) is 19.2 Å². The predicted molar refractivity (Wildman–Crippen MR) is 91.2 cm³/mol. The molecule has 0 aliphatic heterocycles. The molecule has 0 fully saturated rings. The van der Waals surface area contributed by atoms with Crippen molar-refractivity contribution in [1.29, 1.82) is 0 Å². The standard InChI is InChI=1S/2C8H14O3.Sn.2H/c2*1-3-4-5-7(6(2)9)8(10)11;;;/h2*7H,3-5H2,1-2H3,(H,10,11);;;. The molecule has 2 atom stereocenters. The van der Waals surface area contributed by atoms with Gasteiger partial charge in [0.15, 0.2) is 0 Å². The summed E-state index contributed by atoms with van der Waals surface area (Å²) in [5, 5.41) is 17.1. The molecule has 0 spiro atoms. The van der Waals surface area contributed by atoms with Gasteiger partial charge in [-0.15, -0.1) is 0 Å². The summed E-state index contributed by atoms with van der Waals surface area (Å²) >= 11 is 0. The molecule has 0 heterocycles. The molecule has 2 unspecified atom stereocenters. The van der Waals surface area contributed by atoms with E-state index in [2.05, 4.69) is 0 Å². The summed E-state index contributed by atoms with van der Waals surface area (Å²) in [5.74, 6) is -4.04. The normalized spacial score (nSPS) is 12.0. The molecule has 134 valence electrons. The van der Waals surface area contributed by atoms with Crippen LogP contribution in [0.2, 0.25) is 0 Å². The van der Waals surface area contributed by atoms with Gasteiger partial charge in [-0.05, 0) is 26.7 Å². The van der Waals surface area contributed by atoms with Crippen LogP contribution in [0.4, 0.5) is 0 Å². The fourth-order valence-electron chi connectivity index (χ4n) is 1.82. The van der Waals surface area contributed by atoms with Gasteiger partial charge in [-0.25, -0.2) is 0 Å². The summed E-state index contributed by atoms with van der Waals surface area (Å²) in [7, 11) is 0. The molecule has 7 heteroatoms. The van der Waals surface area contributed by atoms with E-state index in [0.717, 1.165) is 25.7 Å². The minimum atomic E-state index is -0.994. The zero-order chi connectivity index (χ0) is 17.7. The van der Waals surface area contributed by atoms with E-state index in [1.165, 1.54) is 13.8 Å². The fraction of sp³-hybridized carbons (Fsp3) is 0.750. The fourth-order valence-corrected chi connectivity index (χ4v) is 1.82. The topological polar surface area (TPSA) is 109 Å². The maximum atomic E-state index is 10.7. The van der Waals surface area contributed by atoms with Gasteiger partial charge < -0.3 is 10.2 Å². The van der Waals surface area contributed by atoms with Crippen LogP contribution in [0.1, 0.15) is 66.2 Å². The monoisotopic (exact) mass is 438 g/mol. The van der Waals surface area contributed by atoms with Gasteiger partial charge in [0, 0.05) is 0 Å². The van der Waals surface area contributed by atoms with Gasteiger partial charge in [-0.3, -0.25) is 19.2 Å². The summed E-state index contributed by atoms with van der Waals surface area (Å²) < 4.78 is 0. The van der Waals surface area contributed by atoms with Crippen LogP contribution in [0, 0.1) is 11.8 Å². The van der Waals surface area contributed by atoms with Crippen molar-refractivity contribution >= 4 is 47.4 Å². The number of rotatable bonds is 10. The molecule has 0 amide bonds. The SMILES string of the molecule is CCCCC(C(C)=O)C(=O)O.CCCCC(C(C)=O)C(=O)O.[SnH2]. The number of carbonyl (C=O) groups excluding carboxylic acids is 2. The zero-order valence-corrected chi connectivity index (χ0v) is 18.7. The summed E-state index contributed by atoms with van der Waals surface area (Å²) in [6, 6.07) is 0. The number of aliphatic carboxylic acids is 2. The van der Waals surface area contributed by atoms with Crippen LogP contribution in [-0.4, -0.2) is 57.6 Å². The van der Waals surface area contributed by atoms with E-state index in [4.69, 9.17) is 10.2 Å². The van der Waals surface area contributed by atoms with Gasteiger partial charge in [0.25, 0.3) is 0 Å². The van der Waals surface area contributed by atoms with Gasteiger partial charge in [0.05, 0.1) is 0 Å². The Morgan fingerprint density at radius 1 is 0.739 bits per heavy atom. The van der Waals surface area contributed by atoms with Crippen LogP contribution in [0.5, 0.6) is 0 Å². The van der Waals surface area contributed by atoms with Crippen molar-refractivity contribution in [3.05, 3.63) is 0 Å². The van der Waals surface area contributed by atoms with Crippen molar-refractivity contribution in [2.45, 2.75) is 66.2 Å². The first-order valence-electron chi connectivity index (χ1n) is 7.65. The zero-order valence-electron chi connectivity index (χ0n) is 14.6. The van der Waals surface area contributed by atoms with Gasteiger partial charge >= 0.3 is 35.8 Å². The first-order valence-corrected chi connectivity index (χ1v) is 7.65. The molecule has 0 saturated carbocycles. The number of unbranched alkanes of at least 4 members (excludes halogenated alkanes) is 2. The number of carboxylic acids is 2. The summed E-state index contributed by atoms with van der Waals surface area (Å²) in [5.41, 5.74) is 0. The maximum absolute atomic E-state index is 10.7. The van der Waals surface area contributed by atoms with Crippen LogP contribution in [0.15, 0.2) is 0 Å². The molecule has 2 radical (unpaired) electrons. The quantitative estimate of drug-likeness (QED) is 0.400. The van der Waals surface area contributed by atoms with Crippen molar-refractivity contribution in [1.82, 2.24) is 0 Å². The molecule has 0 aliphatic carbocycles. The van der Waals surface area contributed by atoms with Crippen LogP contribution in [0.3, 0.4) is 0 Å². The van der Waals surface area contributed by atoms with E-state index in [-0.39, 0.29) is 35.5 Å². The van der Waals surface area contributed by atoms with Gasteiger partial charge in [-0.2, -0.15) is 0 Å². The second-order valence-corrected chi connectivity index (χ2v) is 5.29. The summed E-state index contributed by atoms with van der Waals surface area (Å²) in [4.78, 5) is 42.3. The Bertz CT molecular complexity index is 317. The van der Waals surface area contributed by atoms with Crippen molar-refractivity contribution in [3.8, 4) is 0 Å². The molecule has 0 bridgehead atoms. The average Bonchev–Trinajstić information content (AvgIpc) is 2.38. The third-order valence-corrected chi connectivity index (χ3v) is 3.27. The summed E-state index contributed by atoms with van der Waals surface area (Å²) in [6.45, 7) is 6.60. The summed E-state index contributed by atoms with van der Waals surface area (Å²) in [6.07, 6.45) is 4.41. The van der Waals surface area contributed by atoms with Crippen molar-refractivity contribution in [2.75, 3.05) is 0 Å². The number of hydrogen-bond acceptors (Lipinski definition) is 4. The van der Waals surface area contributed by atoms with Crippen molar-refractivity contribution in [3.63, 3.8) is 0 Å². The third kappa shape index (κ3) is 14.4. The van der Waals surface area contributed by atoms with Gasteiger partial charge in [0.2, 0.25) is 0 Å². The molecule has 2 N–H and O–H groups in total. The van der Waals surface area contributed by atoms with Crippen LogP contribution in [0.25, 0.3) is 0 Å². The molecule has 23 heavy (non-hydrogen) atoms. The predicted octanol–water partition coefficient (Wildman–Crippen LogP) is 2.02. The molecule has 0 aromatic carbocycles. The number of carbonyl (C=O) groups is 4. The van der Waals surface area contributed by atoms with E-state index in [0.29, 0.717) is 12.8 Å². The van der Waals surface area contributed by atoms with E-state index < -0.39 is 23.8 Å². The molecule has 0 aliphatic rings. The number of carboxylic acid groups (broad SMARTS) is 2. The number of hydrogen-bond donors (Lipinski definition) is 2. The Balaban J connectivity index is -0.000000333.